The smallest absolute Gasteiger partial charge is 0.246 e. The predicted octanol–water partition coefficient (Wildman–Crippen LogP) is 0.103. The van der Waals surface area contributed by atoms with Gasteiger partial charge in [-0.15, -0.1) is 0 Å². The first-order valence-electron chi connectivity index (χ1n) is 5.31. The zero-order valence-corrected chi connectivity index (χ0v) is 10.3. The Morgan fingerprint density at radius 2 is 2.25 bits per heavy atom. The van der Waals surface area contributed by atoms with Crippen LogP contribution in [0.25, 0.3) is 0 Å². The van der Waals surface area contributed by atoms with E-state index in [4.69, 9.17) is 0 Å². The van der Waals surface area contributed by atoms with Crippen LogP contribution in [0.4, 0.5) is 0 Å². The summed E-state index contributed by atoms with van der Waals surface area (Å²) in [6.07, 6.45) is 5.22. The molecule has 0 aliphatic carbocycles. The van der Waals surface area contributed by atoms with Crippen LogP contribution >= 0.6 is 0 Å². The van der Waals surface area contributed by atoms with Crippen LogP contribution < -0.4 is 4.72 Å². The molecule has 0 radical (unpaired) electrons. The van der Waals surface area contributed by atoms with Crippen LogP contribution in [0, 0.1) is 0 Å². The van der Waals surface area contributed by atoms with Crippen LogP contribution in [-0.4, -0.2) is 44.6 Å². The van der Waals surface area contributed by atoms with E-state index in [9.17, 15) is 13.2 Å². The number of hydrogen-bond acceptors (Lipinski definition) is 3. The normalized spacial score (nSPS) is 21.8. The fourth-order valence-corrected chi connectivity index (χ4v) is 2.36. The summed E-state index contributed by atoms with van der Waals surface area (Å²) >= 11 is 0. The lowest BCUT2D eigenvalue weighted by Crippen LogP contribution is -2.48. The van der Waals surface area contributed by atoms with Gasteiger partial charge in [0.15, 0.2) is 0 Å². The fraction of sp³-hybridized carbons (Fsp3) is 0.700. The maximum Gasteiger partial charge on any atom is 0.246 e. The SMILES string of the molecule is C=CC(=O)N1CCCCC1CNS(C)(=O)=O. The van der Waals surface area contributed by atoms with Crippen molar-refractivity contribution in [1.82, 2.24) is 9.62 Å². The van der Waals surface area contributed by atoms with Gasteiger partial charge in [-0.05, 0) is 25.3 Å². The van der Waals surface area contributed by atoms with Crippen molar-refractivity contribution in [3.63, 3.8) is 0 Å². The highest BCUT2D eigenvalue weighted by Crippen LogP contribution is 2.16. The molecule has 0 aromatic rings. The van der Waals surface area contributed by atoms with Crippen LogP contribution in [0.1, 0.15) is 19.3 Å². The Bertz CT molecular complexity index is 364. The highest BCUT2D eigenvalue weighted by molar-refractivity contribution is 7.88. The minimum absolute atomic E-state index is 0.0472. The van der Waals surface area contributed by atoms with Gasteiger partial charge in [-0.25, -0.2) is 13.1 Å². The van der Waals surface area contributed by atoms with Crippen LogP contribution in [0.2, 0.25) is 0 Å². The molecule has 0 aromatic carbocycles. The number of nitrogens with one attached hydrogen (secondary N) is 1. The number of likely N-dealkylation sites (tertiary alicyclic amines) is 1. The van der Waals surface area contributed by atoms with E-state index >= 15 is 0 Å². The van der Waals surface area contributed by atoms with Gasteiger partial charge in [0.1, 0.15) is 0 Å². The Hall–Kier alpha value is -0.880. The molecule has 0 aromatic heterocycles. The average molecular weight is 246 g/mol. The van der Waals surface area contributed by atoms with Crippen molar-refractivity contribution >= 4 is 15.9 Å². The zero-order valence-electron chi connectivity index (χ0n) is 9.48. The molecule has 0 saturated carbocycles. The van der Waals surface area contributed by atoms with Gasteiger partial charge in [-0.3, -0.25) is 4.79 Å². The minimum atomic E-state index is -3.19. The van der Waals surface area contributed by atoms with Gasteiger partial charge < -0.3 is 4.90 Å². The average Bonchev–Trinajstić information content (AvgIpc) is 2.25. The van der Waals surface area contributed by atoms with E-state index in [2.05, 4.69) is 11.3 Å². The Morgan fingerprint density at radius 3 is 2.81 bits per heavy atom. The van der Waals surface area contributed by atoms with Crippen molar-refractivity contribution < 1.29 is 13.2 Å². The zero-order chi connectivity index (χ0) is 12.2. The van der Waals surface area contributed by atoms with Crippen LogP contribution in [-0.2, 0) is 14.8 Å². The summed E-state index contributed by atoms with van der Waals surface area (Å²) in [6, 6.07) is -0.0472. The lowest BCUT2D eigenvalue weighted by Gasteiger charge is -2.35. The topological polar surface area (TPSA) is 66.5 Å². The summed E-state index contributed by atoms with van der Waals surface area (Å²) in [5.74, 6) is -0.125. The van der Waals surface area contributed by atoms with Gasteiger partial charge in [0, 0.05) is 19.1 Å². The molecule has 1 rings (SSSR count). The molecule has 1 N–H and O–H groups in total. The molecule has 92 valence electrons. The van der Waals surface area contributed by atoms with Crippen molar-refractivity contribution in [3.8, 4) is 0 Å². The lowest BCUT2D eigenvalue weighted by atomic mass is 10.0. The van der Waals surface area contributed by atoms with Crippen molar-refractivity contribution in [2.24, 2.45) is 0 Å². The quantitative estimate of drug-likeness (QED) is 0.716. The van der Waals surface area contributed by atoms with Gasteiger partial charge in [-0.2, -0.15) is 0 Å². The molecule has 1 atom stereocenters. The maximum absolute atomic E-state index is 11.5. The van der Waals surface area contributed by atoms with E-state index in [1.165, 1.54) is 6.08 Å². The molecule has 1 amide bonds. The first kappa shape index (κ1) is 13.2. The third-order valence-corrected chi connectivity index (χ3v) is 3.36. The number of rotatable bonds is 4. The molecule has 1 aliphatic heterocycles. The first-order chi connectivity index (χ1) is 7.44. The summed E-state index contributed by atoms with van der Waals surface area (Å²) in [6.45, 7) is 4.42. The second-order valence-electron chi connectivity index (χ2n) is 4.01. The highest BCUT2D eigenvalue weighted by Gasteiger charge is 2.25. The van der Waals surface area contributed by atoms with Crippen molar-refractivity contribution in [2.75, 3.05) is 19.3 Å². The fourth-order valence-electron chi connectivity index (χ4n) is 1.87. The Labute approximate surface area is 96.6 Å². The molecule has 1 heterocycles. The summed E-state index contributed by atoms with van der Waals surface area (Å²) in [7, 11) is -3.19. The number of sulfonamides is 1. The Balaban J connectivity index is 2.60. The number of nitrogens with zero attached hydrogens (tertiary/aromatic N) is 1. The standard InChI is InChI=1S/C10H18N2O3S/c1-3-10(13)12-7-5-4-6-9(12)8-11-16(2,14)15/h3,9,11H,1,4-8H2,2H3. The molecule has 6 heteroatoms. The van der Waals surface area contributed by atoms with Crippen LogP contribution in [0.15, 0.2) is 12.7 Å². The number of amides is 1. The van der Waals surface area contributed by atoms with E-state index in [-0.39, 0.29) is 11.9 Å². The molecule has 1 saturated heterocycles. The molecule has 5 nitrogen and oxygen atoms in total. The van der Waals surface area contributed by atoms with Crippen LogP contribution in [0.5, 0.6) is 0 Å². The first-order valence-corrected chi connectivity index (χ1v) is 7.21. The van der Waals surface area contributed by atoms with Crippen molar-refractivity contribution in [3.05, 3.63) is 12.7 Å². The molecular formula is C10H18N2O3S. The molecule has 16 heavy (non-hydrogen) atoms. The summed E-state index contributed by atoms with van der Waals surface area (Å²) < 4.78 is 24.4. The van der Waals surface area contributed by atoms with E-state index in [0.29, 0.717) is 13.1 Å². The Morgan fingerprint density at radius 1 is 1.56 bits per heavy atom. The maximum atomic E-state index is 11.5. The number of hydrogen-bond donors (Lipinski definition) is 1. The molecule has 0 bridgehead atoms. The van der Waals surface area contributed by atoms with E-state index < -0.39 is 10.0 Å². The van der Waals surface area contributed by atoms with Crippen molar-refractivity contribution in [1.29, 1.82) is 0 Å². The second kappa shape index (κ2) is 5.45. The molecule has 1 aliphatic rings. The van der Waals surface area contributed by atoms with Gasteiger partial charge in [-0.1, -0.05) is 6.58 Å². The third-order valence-electron chi connectivity index (χ3n) is 2.67. The molecule has 0 spiro atoms. The third kappa shape index (κ3) is 3.94. The highest BCUT2D eigenvalue weighted by atomic mass is 32.2. The number of carbonyl (C=O) groups is 1. The summed E-state index contributed by atoms with van der Waals surface area (Å²) in [5, 5.41) is 0. The summed E-state index contributed by atoms with van der Waals surface area (Å²) in [4.78, 5) is 13.2. The van der Waals surface area contributed by atoms with Gasteiger partial charge >= 0.3 is 0 Å². The molecular weight excluding hydrogens is 228 g/mol. The number of carbonyl (C=O) groups excluding carboxylic acids is 1. The van der Waals surface area contributed by atoms with Gasteiger partial charge in [0.25, 0.3) is 0 Å². The van der Waals surface area contributed by atoms with E-state index in [1.807, 2.05) is 0 Å². The summed E-state index contributed by atoms with van der Waals surface area (Å²) in [5.41, 5.74) is 0. The van der Waals surface area contributed by atoms with Gasteiger partial charge in [0.2, 0.25) is 15.9 Å². The Kier molecular flexibility index (Phi) is 4.49. The van der Waals surface area contributed by atoms with Gasteiger partial charge in [0.05, 0.1) is 6.26 Å². The molecule has 1 unspecified atom stereocenters. The largest absolute Gasteiger partial charge is 0.335 e. The minimum Gasteiger partial charge on any atom is -0.335 e. The second-order valence-corrected chi connectivity index (χ2v) is 5.84. The number of piperidine rings is 1. The van der Waals surface area contributed by atoms with Crippen molar-refractivity contribution in [2.45, 2.75) is 25.3 Å². The predicted molar refractivity (Wildman–Crippen MR) is 62.4 cm³/mol. The van der Waals surface area contributed by atoms with E-state index in [0.717, 1.165) is 25.5 Å². The molecule has 1 fully saturated rings. The van der Waals surface area contributed by atoms with E-state index in [1.54, 1.807) is 4.90 Å². The monoisotopic (exact) mass is 246 g/mol. The van der Waals surface area contributed by atoms with Crippen LogP contribution in [0.3, 0.4) is 0 Å². The lowest BCUT2D eigenvalue weighted by molar-refractivity contribution is -0.129.